The molecule has 4 fully saturated rings. The number of nitrogens with zero attached hydrogens (tertiary/aromatic N) is 12. The van der Waals surface area contributed by atoms with Gasteiger partial charge in [-0.1, -0.05) is 0 Å². The van der Waals surface area contributed by atoms with Crippen molar-refractivity contribution < 1.29 is 35.8 Å². The van der Waals surface area contributed by atoms with E-state index in [1.54, 1.807) is 24.5 Å². The third-order valence-electron chi connectivity index (χ3n) is 12.4. The maximum absolute atomic E-state index is 12.9. The van der Waals surface area contributed by atoms with Crippen molar-refractivity contribution in [2.75, 3.05) is 41.3 Å². The number of anilines is 3. The third-order valence-corrected chi connectivity index (χ3v) is 14.1. The molecule has 10 rings (SSSR count). The number of hydrogen-bond donors (Lipinski definition) is 1. The van der Waals surface area contributed by atoms with Gasteiger partial charge in [0.05, 0.1) is 0 Å². The van der Waals surface area contributed by atoms with Gasteiger partial charge in [-0.05, 0) is 107 Å². The largest absolute Gasteiger partial charge is 0.477 e. The van der Waals surface area contributed by atoms with E-state index >= 15 is 0 Å². The molecule has 2 aliphatic heterocycles. The van der Waals surface area contributed by atoms with Crippen LogP contribution in [0.5, 0.6) is 11.5 Å². The highest BCUT2D eigenvalue weighted by Crippen LogP contribution is 2.45. The minimum atomic E-state index is -4.45. The number of aromatic nitrogens is 10. The topological polar surface area (TPSA) is 149 Å². The van der Waals surface area contributed by atoms with Gasteiger partial charge in [-0.2, -0.15) is 45.2 Å². The molecule has 0 amide bonds. The summed E-state index contributed by atoms with van der Waals surface area (Å²) in [5.41, 5.74) is 0.581. The van der Waals surface area contributed by atoms with E-state index in [9.17, 15) is 26.3 Å². The molecule has 332 valence electrons. The summed E-state index contributed by atoms with van der Waals surface area (Å²) in [6.45, 7) is 9.42. The molecule has 23 heteroatoms. The second-order valence-electron chi connectivity index (χ2n) is 16.6. The zero-order valence-corrected chi connectivity index (χ0v) is 35.8. The number of piperidine rings is 2. The molecule has 4 bridgehead atoms. The van der Waals surface area contributed by atoms with Gasteiger partial charge in [0.2, 0.25) is 16.2 Å². The Morgan fingerprint density at radius 1 is 0.677 bits per heavy atom. The number of rotatable bonds is 10. The zero-order valence-electron chi connectivity index (χ0n) is 34.2. The minimum absolute atomic E-state index is 0.0531. The van der Waals surface area contributed by atoms with Crippen molar-refractivity contribution in [1.29, 1.82) is 0 Å². The first kappa shape index (κ1) is 42.3. The van der Waals surface area contributed by atoms with Gasteiger partial charge in [-0.3, -0.25) is 0 Å². The van der Waals surface area contributed by atoms with Crippen LogP contribution in [0, 0.1) is 43.4 Å². The molecule has 2 unspecified atom stereocenters. The molecule has 0 spiro atoms. The summed E-state index contributed by atoms with van der Waals surface area (Å²) in [4.78, 5) is 22.7. The molecule has 2 saturated heterocycles. The van der Waals surface area contributed by atoms with Gasteiger partial charge in [-0.15, -0.1) is 5.10 Å². The fourth-order valence-corrected chi connectivity index (χ4v) is 10.7. The number of hydrogen-bond acceptors (Lipinski definition) is 15. The molecule has 8 heterocycles. The molecule has 0 radical (unpaired) electrons. The molecule has 2 saturated carbocycles. The van der Waals surface area contributed by atoms with Crippen molar-refractivity contribution in [2.45, 2.75) is 90.4 Å². The van der Waals surface area contributed by atoms with Crippen LogP contribution in [0.25, 0.3) is 11.3 Å². The smallest absolute Gasteiger partial charge is 0.425 e. The quantitative estimate of drug-likeness (QED) is 0.136. The molecule has 6 aromatic heterocycles. The van der Waals surface area contributed by atoms with Crippen molar-refractivity contribution in [3.05, 3.63) is 54.1 Å². The van der Waals surface area contributed by atoms with Crippen LogP contribution in [-0.4, -0.2) is 105 Å². The summed E-state index contributed by atoms with van der Waals surface area (Å²) in [5.74, 6) is 5.13. The van der Waals surface area contributed by atoms with Crippen LogP contribution in [0.15, 0.2) is 36.7 Å². The maximum atomic E-state index is 12.9. The highest BCUT2D eigenvalue weighted by Gasteiger charge is 2.45. The van der Waals surface area contributed by atoms with E-state index in [1.807, 2.05) is 13.8 Å². The summed E-state index contributed by atoms with van der Waals surface area (Å²) < 4.78 is 99.3. The van der Waals surface area contributed by atoms with E-state index in [-0.39, 0.29) is 23.2 Å². The number of nitrogens with one attached hydrogen (secondary N) is 1. The number of halogens is 6. The molecule has 15 nitrogen and oxygen atoms in total. The first-order valence-electron chi connectivity index (χ1n) is 20.6. The first-order chi connectivity index (χ1) is 29.6. The Morgan fingerprint density at radius 2 is 1.15 bits per heavy atom. The van der Waals surface area contributed by atoms with Crippen LogP contribution in [0.1, 0.15) is 57.0 Å². The Bertz CT molecular complexity index is 2310. The first-order valence-corrected chi connectivity index (χ1v) is 22.1. The Labute approximate surface area is 360 Å². The van der Waals surface area contributed by atoms with Crippen LogP contribution in [0.4, 0.5) is 42.6 Å². The Kier molecular flexibility index (Phi) is 11.3. The van der Waals surface area contributed by atoms with Gasteiger partial charge in [-0.25, -0.2) is 24.0 Å². The monoisotopic (exact) mass is 905 g/mol. The van der Waals surface area contributed by atoms with Gasteiger partial charge in [0, 0.05) is 74.1 Å². The van der Waals surface area contributed by atoms with Gasteiger partial charge in [0.15, 0.2) is 40.8 Å². The van der Waals surface area contributed by atoms with E-state index < -0.39 is 24.6 Å². The summed E-state index contributed by atoms with van der Waals surface area (Å²) in [7, 11) is 0. The van der Waals surface area contributed by atoms with Gasteiger partial charge in [0.25, 0.3) is 0 Å². The summed E-state index contributed by atoms with van der Waals surface area (Å²) in [6.07, 6.45) is -4.17. The molecule has 0 aromatic carbocycles. The minimum Gasteiger partial charge on any atom is -0.477 e. The zero-order chi connectivity index (χ0) is 43.5. The lowest BCUT2D eigenvalue weighted by atomic mass is 9.82. The second-order valence-corrected chi connectivity index (χ2v) is 18.1. The summed E-state index contributed by atoms with van der Waals surface area (Å²) >= 11 is 2.87. The van der Waals surface area contributed by atoms with Crippen molar-refractivity contribution in [3.8, 4) is 11.5 Å². The van der Waals surface area contributed by atoms with Crippen LogP contribution >= 0.6 is 23.1 Å². The third kappa shape index (κ3) is 8.78. The van der Waals surface area contributed by atoms with E-state index in [0.29, 0.717) is 53.4 Å². The fraction of sp³-hybridized carbons (Fsp3) is 0.590. The molecular weight excluding hydrogens is 861 g/mol. The SMILES string of the molecule is Cc1nsc(N2C[C@H]3CC[C@@H](C2)C3Cc2nc3c(O[C@H](C)C(F)(F)F)cccn3n2)n1.Cc1nsc(N2C[C@H]3CC[C@@H](C2)C3Nc2nc3c(O[C@@H](C)C(F)(F)F)cccn3n2)n1. The van der Waals surface area contributed by atoms with Gasteiger partial charge >= 0.3 is 12.4 Å². The van der Waals surface area contributed by atoms with E-state index in [4.69, 9.17) is 9.47 Å². The summed E-state index contributed by atoms with van der Waals surface area (Å²) in [5, 5.41) is 14.3. The van der Waals surface area contributed by atoms with Crippen molar-refractivity contribution in [3.63, 3.8) is 0 Å². The Morgan fingerprint density at radius 3 is 1.63 bits per heavy atom. The lowest BCUT2D eigenvalue weighted by Crippen LogP contribution is -2.48. The van der Waals surface area contributed by atoms with Crippen LogP contribution in [0.2, 0.25) is 0 Å². The maximum Gasteiger partial charge on any atom is 0.425 e. The fourth-order valence-electron chi connectivity index (χ4n) is 9.28. The lowest BCUT2D eigenvalue weighted by molar-refractivity contribution is -0.189. The number of pyridine rings is 2. The molecule has 2 aliphatic carbocycles. The second kappa shape index (κ2) is 16.6. The van der Waals surface area contributed by atoms with Crippen LogP contribution in [0.3, 0.4) is 0 Å². The summed E-state index contributed by atoms with van der Waals surface area (Å²) in [6, 6.07) is 6.40. The van der Waals surface area contributed by atoms with Crippen LogP contribution < -0.4 is 24.6 Å². The molecular formula is C39H45F6N13O2S2. The number of ether oxygens (including phenoxy) is 2. The number of alkyl halides is 6. The van der Waals surface area contributed by atoms with E-state index in [0.717, 1.165) is 87.6 Å². The Hall–Kier alpha value is -5.06. The number of aryl methyl sites for hydroxylation is 2. The molecule has 8 atom stereocenters. The number of fused-ring (bicyclic) bond motifs is 6. The highest BCUT2D eigenvalue weighted by atomic mass is 32.1. The molecule has 6 aromatic rings. The van der Waals surface area contributed by atoms with Crippen molar-refractivity contribution >= 4 is 50.6 Å². The lowest BCUT2D eigenvalue weighted by Gasteiger charge is -2.37. The average Bonchev–Trinajstić information content (AvgIpc) is 4.08. The van der Waals surface area contributed by atoms with E-state index in [2.05, 4.69) is 54.0 Å². The predicted molar refractivity (Wildman–Crippen MR) is 219 cm³/mol. The molecule has 62 heavy (non-hydrogen) atoms. The Balaban J connectivity index is 0.000000158. The molecule has 1 N–H and O–H groups in total. The van der Waals surface area contributed by atoms with Gasteiger partial charge in [0.1, 0.15) is 11.6 Å². The van der Waals surface area contributed by atoms with Gasteiger partial charge < -0.3 is 24.6 Å². The normalized spacial score (nSPS) is 24.6. The van der Waals surface area contributed by atoms with Crippen LogP contribution in [-0.2, 0) is 6.42 Å². The molecule has 4 aliphatic rings. The average molecular weight is 906 g/mol. The predicted octanol–water partition coefficient (Wildman–Crippen LogP) is 7.47. The van der Waals surface area contributed by atoms with E-state index in [1.165, 1.54) is 44.2 Å². The highest BCUT2D eigenvalue weighted by molar-refractivity contribution is 7.10. The van der Waals surface area contributed by atoms with Crippen molar-refractivity contribution in [2.24, 2.45) is 29.6 Å². The standard InChI is InChI=1S/C20H23F3N6OS.C19H22F3N7OS/c1-11(20(21,22)23)30-16-4-3-7-29-18(16)25-17(26-29)8-15-13-5-6-14(15)10-28(9-13)19-24-12(2)27-31-19;1-10(19(20,21)22)30-14-4-3-7-29-16(14)25-17(26-29)24-15-12-5-6-13(15)9-28(8-12)18-23-11(2)27-31-18/h3-4,7,11,13-15H,5-6,8-10H2,1-2H3;3-4,7,10,12-13,15H,5-6,8-9H2,1-2H3,(H,24,26)/t11-,13-,14+,15?;10-,12-,13+,15?/m10/s1. The van der Waals surface area contributed by atoms with Crippen molar-refractivity contribution in [1.82, 2.24) is 47.9 Å².